The van der Waals surface area contributed by atoms with E-state index in [0.29, 0.717) is 10.4 Å². The molecule has 0 radical (unpaired) electrons. The Hall–Kier alpha value is -2.33. The van der Waals surface area contributed by atoms with Crippen LogP contribution < -0.4 is 5.56 Å². The van der Waals surface area contributed by atoms with Crippen LogP contribution in [-0.2, 0) is 0 Å². The van der Waals surface area contributed by atoms with Gasteiger partial charge >= 0.3 is 0 Å². The van der Waals surface area contributed by atoms with Gasteiger partial charge in [-0.05, 0) is 38.5 Å². The second kappa shape index (κ2) is 7.01. The quantitative estimate of drug-likeness (QED) is 0.599. The van der Waals surface area contributed by atoms with Crippen LogP contribution >= 0.6 is 34.5 Å². The van der Waals surface area contributed by atoms with E-state index in [9.17, 15) is 20.0 Å². The van der Waals surface area contributed by atoms with Gasteiger partial charge in [-0.15, -0.1) is 11.3 Å². The van der Waals surface area contributed by atoms with Gasteiger partial charge in [0.25, 0.3) is 5.56 Å². The first-order valence-corrected chi connectivity index (χ1v) is 9.57. The molecular formula is C19H14Cl2N2O3S. The summed E-state index contributed by atoms with van der Waals surface area (Å²) in [7, 11) is 0. The Labute approximate surface area is 169 Å². The number of aromatic hydroxyl groups is 1. The Kier molecular flexibility index (Phi) is 5.04. The predicted molar refractivity (Wildman–Crippen MR) is 107 cm³/mol. The predicted octanol–water partition coefficient (Wildman–Crippen LogP) is 5.07. The van der Waals surface area contributed by atoms with E-state index < -0.39 is 23.3 Å². The van der Waals surface area contributed by atoms with Crippen molar-refractivity contribution in [2.24, 2.45) is 0 Å². The number of hydrogen-bond donors (Lipinski definition) is 1. The largest absolute Gasteiger partial charge is 0.494 e. The molecule has 0 saturated heterocycles. The maximum absolute atomic E-state index is 13.2. The van der Waals surface area contributed by atoms with Crippen molar-refractivity contribution in [3.8, 4) is 11.9 Å². The van der Waals surface area contributed by atoms with Crippen LogP contribution in [0.5, 0.6) is 5.88 Å². The van der Waals surface area contributed by atoms with E-state index in [1.54, 1.807) is 32.0 Å². The zero-order chi connectivity index (χ0) is 20.0. The van der Waals surface area contributed by atoms with Crippen molar-refractivity contribution in [1.29, 1.82) is 5.26 Å². The molecule has 0 fully saturated rings. The van der Waals surface area contributed by atoms with Crippen LogP contribution in [0.3, 0.4) is 0 Å². The van der Waals surface area contributed by atoms with E-state index in [0.717, 1.165) is 20.6 Å². The Morgan fingerprint density at radius 3 is 2.56 bits per heavy atom. The minimum Gasteiger partial charge on any atom is -0.494 e. The first-order valence-electron chi connectivity index (χ1n) is 8.00. The number of halogens is 2. The van der Waals surface area contributed by atoms with Gasteiger partial charge in [0.15, 0.2) is 0 Å². The summed E-state index contributed by atoms with van der Waals surface area (Å²) in [5.41, 5.74) is -0.796. The highest BCUT2D eigenvalue weighted by Gasteiger charge is 2.29. The molecule has 8 heteroatoms. The van der Waals surface area contributed by atoms with Gasteiger partial charge in [-0.2, -0.15) is 5.26 Å². The molecule has 0 aliphatic carbocycles. The van der Waals surface area contributed by atoms with Crippen LogP contribution in [0.4, 0.5) is 0 Å². The van der Waals surface area contributed by atoms with Crippen LogP contribution in [0.1, 0.15) is 46.3 Å². The zero-order valence-electron chi connectivity index (χ0n) is 14.6. The Balaban J connectivity index is 2.36. The highest BCUT2D eigenvalue weighted by molar-refractivity contribution is 7.22. The van der Waals surface area contributed by atoms with E-state index in [1.807, 2.05) is 6.07 Å². The highest BCUT2D eigenvalue weighted by Crippen LogP contribution is 2.41. The van der Waals surface area contributed by atoms with Crippen LogP contribution in [0.15, 0.2) is 23.0 Å². The van der Waals surface area contributed by atoms with Crippen molar-refractivity contribution in [3.05, 3.63) is 60.2 Å². The lowest BCUT2D eigenvalue weighted by Gasteiger charge is -2.17. The topological polar surface area (TPSA) is 83.1 Å². The lowest BCUT2D eigenvalue weighted by Crippen LogP contribution is -2.28. The van der Waals surface area contributed by atoms with Gasteiger partial charge in [-0.3, -0.25) is 14.2 Å². The summed E-state index contributed by atoms with van der Waals surface area (Å²) < 4.78 is 1.76. The Morgan fingerprint density at radius 2 is 2.00 bits per heavy atom. The summed E-state index contributed by atoms with van der Waals surface area (Å²) in [6.45, 7) is 4.82. The van der Waals surface area contributed by atoms with Crippen LogP contribution in [0.2, 0.25) is 10.0 Å². The molecule has 1 N–H and O–H groups in total. The summed E-state index contributed by atoms with van der Waals surface area (Å²) in [5.74, 6) is -1.03. The Morgan fingerprint density at radius 1 is 1.33 bits per heavy atom. The maximum atomic E-state index is 13.2. The van der Waals surface area contributed by atoms with Crippen molar-refractivity contribution in [2.75, 3.05) is 0 Å². The highest BCUT2D eigenvalue weighted by atomic mass is 35.5. The number of ketones is 1. The van der Waals surface area contributed by atoms with Gasteiger partial charge < -0.3 is 5.11 Å². The molecule has 3 rings (SSSR count). The number of pyridine rings is 1. The molecule has 2 aromatic heterocycles. The standard InChI is InChI=1S/C19H14Cl2N2O3S/c1-8(2)23-18(25)10(7-22)9(3)13(19(23)26)16(24)17-15(21)14-11(20)5-4-6-12(14)27-17/h4-6,8,26H,1-3H3. The fourth-order valence-electron chi connectivity index (χ4n) is 3.00. The molecule has 0 atom stereocenters. The molecule has 2 heterocycles. The van der Waals surface area contributed by atoms with Crippen LogP contribution in [0, 0.1) is 18.3 Å². The molecule has 0 spiro atoms. The van der Waals surface area contributed by atoms with Gasteiger partial charge in [0.1, 0.15) is 11.6 Å². The summed E-state index contributed by atoms with van der Waals surface area (Å²) in [4.78, 5) is 25.9. The van der Waals surface area contributed by atoms with E-state index >= 15 is 0 Å². The van der Waals surface area contributed by atoms with Crippen LogP contribution in [-0.4, -0.2) is 15.5 Å². The van der Waals surface area contributed by atoms with Crippen molar-refractivity contribution in [1.82, 2.24) is 4.57 Å². The number of carbonyl (C=O) groups excluding carboxylic acids is 1. The van der Waals surface area contributed by atoms with Gasteiger partial charge in [0.2, 0.25) is 11.7 Å². The van der Waals surface area contributed by atoms with Gasteiger partial charge in [-0.1, -0.05) is 29.3 Å². The molecule has 0 bridgehead atoms. The fourth-order valence-corrected chi connectivity index (χ4v) is 4.90. The monoisotopic (exact) mass is 420 g/mol. The summed E-state index contributed by atoms with van der Waals surface area (Å²) in [5, 5.41) is 21.2. The van der Waals surface area contributed by atoms with Crippen LogP contribution in [0.25, 0.3) is 10.1 Å². The molecule has 0 amide bonds. The minimum atomic E-state index is -0.635. The number of fused-ring (bicyclic) bond motifs is 1. The second-order valence-electron chi connectivity index (χ2n) is 6.27. The number of thiophene rings is 1. The van der Waals surface area contributed by atoms with E-state index in [2.05, 4.69) is 0 Å². The molecule has 0 aliphatic rings. The average molecular weight is 421 g/mol. The van der Waals surface area contributed by atoms with E-state index in [4.69, 9.17) is 23.2 Å². The molecular weight excluding hydrogens is 407 g/mol. The third kappa shape index (κ3) is 2.92. The molecule has 0 aliphatic heterocycles. The molecule has 1 aromatic carbocycles. The molecule has 27 heavy (non-hydrogen) atoms. The van der Waals surface area contributed by atoms with Gasteiger partial charge in [0.05, 0.1) is 20.5 Å². The van der Waals surface area contributed by atoms with Crippen molar-refractivity contribution < 1.29 is 9.90 Å². The summed E-state index contributed by atoms with van der Waals surface area (Å²) >= 11 is 13.7. The lowest BCUT2D eigenvalue weighted by atomic mass is 10.00. The summed E-state index contributed by atoms with van der Waals surface area (Å²) in [6.07, 6.45) is 0. The normalized spacial score (nSPS) is 11.1. The fraction of sp³-hybridized carbons (Fsp3) is 0.211. The molecule has 138 valence electrons. The number of nitriles is 1. The average Bonchev–Trinajstić information content (AvgIpc) is 2.92. The van der Waals surface area contributed by atoms with E-state index in [1.165, 1.54) is 6.92 Å². The first kappa shape index (κ1) is 19.4. The van der Waals surface area contributed by atoms with Crippen molar-refractivity contribution in [2.45, 2.75) is 26.8 Å². The van der Waals surface area contributed by atoms with Gasteiger partial charge in [0, 0.05) is 16.1 Å². The molecule has 5 nitrogen and oxygen atoms in total. The Bertz CT molecular complexity index is 1200. The zero-order valence-corrected chi connectivity index (χ0v) is 17.0. The SMILES string of the molecule is Cc1c(C(=O)c2sc3cccc(Cl)c3c2Cl)c(O)n(C(C)C)c(=O)c1C#N. The van der Waals surface area contributed by atoms with E-state index in [-0.39, 0.29) is 26.6 Å². The van der Waals surface area contributed by atoms with Crippen molar-refractivity contribution in [3.63, 3.8) is 0 Å². The number of nitrogens with zero attached hydrogens (tertiary/aromatic N) is 2. The second-order valence-corrected chi connectivity index (χ2v) is 8.10. The molecule has 3 aromatic rings. The first-order chi connectivity index (χ1) is 12.7. The smallest absolute Gasteiger partial charge is 0.271 e. The lowest BCUT2D eigenvalue weighted by molar-refractivity contribution is 0.103. The third-order valence-corrected chi connectivity index (χ3v) is 6.26. The summed E-state index contributed by atoms with van der Waals surface area (Å²) in [6, 6.07) is 6.61. The molecule has 0 saturated carbocycles. The van der Waals surface area contributed by atoms with Crippen molar-refractivity contribution >= 4 is 50.4 Å². The maximum Gasteiger partial charge on any atom is 0.271 e. The number of carbonyl (C=O) groups is 1. The minimum absolute atomic E-state index is 0.107. The number of aromatic nitrogens is 1. The number of benzene rings is 1. The number of rotatable bonds is 3. The number of hydrogen-bond acceptors (Lipinski definition) is 5. The molecule has 0 unspecified atom stereocenters. The van der Waals surface area contributed by atoms with Gasteiger partial charge in [-0.25, -0.2) is 0 Å². The third-order valence-electron chi connectivity index (χ3n) is 4.30.